The van der Waals surface area contributed by atoms with Crippen molar-refractivity contribution < 1.29 is 14.3 Å². The van der Waals surface area contributed by atoms with Crippen molar-refractivity contribution in [3.8, 4) is 12.3 Å². The molecule has 0 spiro atoms. The van der Waals surface area contributed by atoms with Crippen LogP contribution in [-0.4, -0.2) is 72.8 Å². The highest BCUT2D eigenvalue weighted by Crippen LogP contribution is 2.35. The van der Waals surface area contributed by atoms with E-state index in [-0.39, 0.29) is 23.6 Å². The normalized spacial score (nSPS) is 18.4. The second-order valence-electron chi connectivity index (χ2n) is 8.64. The molecule has 160 valence electrons. The molecule has 2 heterocycles. The first-order valence-electron chi connectivity index (χ1n) is 10.5. The third-order valence-electron chi connectivity index (χ3n) is 6.14. The number of aromatic nitrogens is 1. The van der Waals surface area contributed by atoms with Gasteiger partial charge in [-0.1, -0.05) is 12.0 Å². The lowest BCUT2D eigenvalue weighted by Crippen LogP contribution is -2.44. The van der Waals surface area contributed by atoms with E-state index in [1.54, 1.807) is 13.2 Å². The van der Waals surface area contributed by atoms with Crippen LogP contribution < -0.4 is 0 Å². The van der Waals surface area contributed by atoms with Gasteiger partial charge in [-0.15, -0.1) is 6.42 Å². The molecule has 1 aromatic rings. The number of carbonyl (C=O) groups is 2. The molecule has 0 atom stereocenters. The number of methoxy groups -OCH3 is 1. The number of hydrogen-bond acceptors (Lipinski definition) is 6. The molecule has 0 amide bonds. The van der Waals surface area contributed by atoms with Gasteiger partial charge < -0.3 is 14.5 Å². The van der Waals surface area contributed by atoms with Gasteiger partial charge in [0.2, 0.25) is 0 Å². The predicted octanol–water partition coefficient (Wildman–Crippen LogP) is 2.58. The number of pyridine rings is 1. The quantitative estimate of drug-likeness (QED) is 0.510. The van der Waals surface area contributed by atoms with Crippen molar-refractivity contribution in [2.75, 3.05) is 40.8 Å². The number of nitrogens with zero attached hydrogens (tertiary/aromatic N) is 3. The average Bonchev–Trinajstić information content (AvgIpc) is 2.73. The Morgan fingerprint density at radius 2 is 2.03 bits per heavy atom. The fourth-order valence-electron chi connectivity index (χ4n) is 4.05. The van der Waals surface area contributed by atoms with E-state index in [2.05, 4.69) is 22.6 Å². The number of rotatable bonds is 7. The summed E-state index contributed by atoms with van der Waals surface area (Å²) in [6.07, 6.45) is 8.85. The molecule has 0 N–H and O–H groups in total. The van der Waals surface area contributed by atoms with Gasteiger partial charge in [0.05, 0.1) is 22.6 Å². The summed E-state index contributed by atoms with van der Waals surface area (Å²) in [6, 6.07) is 3.59. The van der Waals surface area contributed by atoms with Crippen LogP contribution in [0.15, 0.2) is 17.7 Å². The van der Waals surface area contributed by atoms with Gasteiger partial charge in [0.1, 0.15) is 5.69 Å². The molecular weight excluding hydrogens is 378 g/mol. The zero-order chi connectivity index (χ0) is 21.9. The van der Waals surface area contributed by atoms with Gasteiger partial charge in [-0.3, -0.25) is 9.59 Å². The first-order valence-corrected chi connectivity index (χ1v) is 10.5. The van der Waals surface area contributed by atoms with Crippen LogP contribution in [0.5, 0.6) is 0 Å². The van der Waals surface area contributed by atoms with Crippen molar-refractivity contribution in [2.45, 2.75) is 44.6 Å². The highest BCUT2D eigenvalue weighted by Gasteiger charge is 2.35. The van der Waals surface area contributed by atoms with Crippen LogP contribution >= 0.6 is 0 Å². The smallest absolute Gasteiger partial charge is 0.181 e. The molecule has 1 aliphatic carbocycles. The average molecular weight is 410 g/mol. The minimum absolute atomic E-state index is 0.0174. The Morgan fingerprint density at radius 3 is 2.63 bits per heavy atom. The van der Waals surface area contributed by atoms with Crippen LogP contribution in [0.4, 0.5) is 0 Å². The number of Topliss-reactive ketones (excluding diaryl/α,β-unsaturated/α-hetero) is 2. The van der Waals surface area contributed by atoms with Crippen molar-refractivity contribution in [2.24, 2.45) is 0 Å². The van der Waals surface area contributed by atoms with E-state index in [1.807, 2.05) is 20.2 Å². The largest absolute Gasteiger partial charge is 0.378 e. The van der Waals surface area contributed by atoms with Gasteiger partial charge in [-0.05, 0) is 58.5 Å². The zero-order valence-corrected chi connectivity index (χ0v) is 18.5. The summed E-state index contributed by atoms with van der Waals surface area (Å²) in [7, 11) is 5.71. The lowest BCUT2D eigenvalue weighted by atomic mass is 9.88. The van der Waals surface area contributed by atoms with Gasteiger partial charge in [-0.2, -0.15) is 0 Å². The molecule has 1 aliphatic heterocycles. The maximum atomic E-state index is 12.7. The minimum atomic E-state index is -0.174. The lowest BCUT2D eigenvalue weighted by molar-refractivity contribution is -0.114. The predicted molar refractivity (Wildman–Crippen MR) is 117 cm³/mol. The molecule has 0 saturated carbocycles. The molecule has 1 saturated heterocycles. The van der Waals surface area contributed by atoms with E-state index in [0.29, 0.717) is 29.1 Å². The Bertz CT molecular complexity index is 903. The fraction of sp³-hybridized carbons (Fsp3) is 0.542. The van der Waals surface area contributed by atoms with E-state index in [4.69, 9.17) is 16.1 Å². The number of ketones is 2. The number of allylic oxidation sites excluding steroid dienone is 1. The maximum Gasteiger partial charge on any atom is 0.181 e. The molecule has 0 aromatic carbocycles. The summed E-state index contributed by atoms with van der Waals surface area (Å²) in [5, 5.41) is 0. The minimum Gasteiger partial charge on any atom is -0.378 e. The first kappa shape index (κ1) is 22.2. The second-order valence-corrected chi connectivity index (χ2v) is 8.64. The van der Waals surface area contributed by atoms with E-state index in [9.17, 15) is 9.59 Å². The monoisotopic (exact) mass is 409 g/mol. The van der Waals surface area contributed by atoms with Crippen molar-refractivity contribution in [3.63, 3.8) is 0 Å². The summed E-state index contributed by atoms with van der Waals surface area (Å²) < 4.78 is 5.65. The molecule has 1 aromatic heterocycles. The summed E-state index contributed by atoms with van der Waals surface area (Å²) in [4.78, 5) is 34.3. The van der Waals surface area contributed by atoms with Crippen LogP contribution in [-0.2, 0) is 16.0 Å². The molecule has 6 heteroatoms. The summed E-state index contributed by atoms with van der Waals surface area (Å²) in [6.45, 7) is 4.40. The first-order chi connectivity index (χ1) is 14.3. The van der Waals surface area contributed by atoms with Crippen molar-refractivity contribution in [1.29, 1.82) is 0 Å². The SMILES string of the molecule is C#CC1=C(N2CCC(C)(OC)CC2)c2nc(C(=O)CCCN(C)C)ccc2CC1=O. The van der Waals surface area contributed by atoms with Crippen molar-refractivity contribution in [1.82, 2.24) is 14.8 Å². The van der Waals surface area contributed by atoms with Crippen LogP contribution in [0, 0.1) is 12.3 Å². The number of fused-ring (bicyclic) bond motifs is 1. The molecule has 2 aliphatic rings. The van der Waals surface area contributed by atoms with Gasteiger partial charge in [0.15, 0.2) is 11.6 Å². The highest BCUT2D eigenvalue weighted by molar-refractivity contribution is 6.10. The number of likely N-dealkylation sites (tertiary alicyclic amines) is 1. The highest BCUT2D eigenvalue weighted by atomic mass is 16.5. The van der Waals surface area contributed by atoms with Crippen LogP contribution in [0.2, 0.25) is 0 Å². The molecule has 3 rings (SSSR count). The Kier molecular flexibility index (Phi) is 6.74. The Hall–Kier alpha value is -2.49. The third kappa shape index (κ3) is 4.63. The van der Waals surface area contributed by atoms with Crippen molar-refractivity contribution in [3.05, 3.63) is 34.7 Å². The molecule has 1 fully saturated rings. The number of terminal acetylenes is 1. The van der Waals surface area contributed by atoms with Crippen LogP contribution in [0.1, 0.15) is 54.4 Å². The van der Waals surface area contributed by atoms with Gasteiger partial charge >= 0.3 is 0 Å². The van der Waals surface area contributed by atoms with E-state index >= 15 is 0 Å². The van der Waals surface area contributed by atoms with Gasteiger partial charge in [-0.25, -0.2) is 4.98 Å². The van der Waals surface area contributed by atoms with Crippen LogP contribution in [0.3, 0.4) is 0 Å². The zero-order valence-electron chi connectivity index (χ0n) is 18.5. The van der Waals surface area contributed by atoms with Crippen molar-refractivity contribution >= 4 is 17.3 Å². The second kappa shape index (κ2) is 9.11. The topological polar surface area (TPSA) is 62.7 Å². The summed E-state index contributed by atoms with van der Waals surface area (Å²) >= 11 is 0. The number of piperidine rings is 1. The summed E-state index contributed by atoms with van der Waals surface area (Å²) in [5.41, 5.74) is 2.85. The number of carbonyl (C=O) groups excluding carboxylic acids is 2. The Balaban J connectivity index is 1.92. The molecular formula is C24H31N3O3. The van der Waals surface area contributed by atoms with E-state index in [0.717, 1.165) is 44.5 Å². The number of ether oxygens (including phenoxy) is 1. The molecule has 30 heavy (non-hydrogen) atoms. The molecule has 0 radical (unpaired) electrons. The van der Waals surface area contributed by atoms with E-state index < -0.39 is 0 Å². The molecule has 0 bridgehead atoms. The maximum absolute atomic E-state index is 12.7. The van der Waals surface area contributed by atoms with E-state index in [1.165, 1.54) is 0 Å². The third-order valence-corrected chi connectivity index (χ3v) is 6.14. The summed E-state index contributed by atoms with van der Waals surface area (Å²) in [5.74, 6) is 2.55. The standard InChI is InChI=1S/C24H31N3O3/c1-6-18-21(29)16-17-9-10-19(20(28)8-7-13-26(3)4)25-22(17)23(18)27-14-11-24(2,30-5)12-15-27/h1,9-10H,7-8,11-16H2,2-5H3. The Morgan fingerprint density at radius 1 is 1.33 bits per heavy atom. The van der Waals surface area contributed by atoms with Gasteiger partial charge in [0.25, 0.3) is 0 Å². The molecule has 0 unspecified atom stereocenters. The number of hydrogen-bond donors (Lipinski definition) is 0. The van der Waals surface area contributed by atoms with Gasteiger partial charge in [0, 0.05) is 33.0 Å². The molecule has 6 nitrogen and oxygen atoms in total. The Labute approximate surface area is 179 Å². The fourth-order valence-corrected chi connectivity index (χ4v) is 4.05. The lowest BCUT2D eigenvalue weighted by Gasteiger charge is -2.41. The van der Waals surface area contributed by atoms with Crippen LogP contribution in [0.25, 0.3) is 5.70 Å².